The molecule has 0 nitrogen and oxygen atoms in total. The zero-order valence-electron chi connectivity index (χ0n) is 19.7. The van der Waals surface area contributed by atoms with Crippen LogP contribution in [0.4, 0.5) is 0 Å². The van der Waals surface area contributed by atoms with Gasteiger partial charge in [-0.05, 0) is 48.6 Å². The molecule has 0 saturated heterocycles. The molecule has 2 aromatic carbocycles. The molecule has 0 amide bonds. The minimum Gasteiger partial charge on any atom is -0.0645 e. The van der Waals surface area contributed by atoms with E-state index >= 15 is 0 Å². The molecule has 1 aliphatic carbocycles. The van der Waals surface area contributed by atoms with Crippen LogP contribution in [-0.4, -0.2) is 0 Å². The Bertz CT molecular complexity index is 878. The van der Waals surface area contributed by atoms with Crippen molar-refractivity contribution >= 4 is 12.2 Å². The van der Waals surface area contributed by atoms with Crippen LogP contribution in [0.3, 0.4) is 0 Å². The van der Waals surface area contributed by atoms with Crippen molar-refractivity contribution in [2.45, 2.75) is 68.2 Å². The molecule has 1 fully saturated rings. The van der Waals surface area contributed by atoms with E-state index in [0.717, 1.165) is 12.8 Å². The average molecular weight is 387 g/mol. The summed E-state index contributed by atoms with van der Waals surface area (Å²) in [7, 11) is 0. The van der Waals surface area contributed by atoms with E-state index < -0.39 is 0 Å². The summed E-state index contributed by atoms with van der Waals surface area (Å²) in [4.78, 5) is 0. The van der Waals surface area contributed by atoms with Crippen molar-refractivity contribution in [1.82, 2.24) is 0 Å². The molecule has 2 unspecified atom stereocenters. The van der Waals surface area contributed by atoms with E-state index in [9.17, 15) is 0 Å². The highest BCUT2D eigenvalue weighted by Crippen LogP contribution is 2.69. The Morgan fingerprint density at radius 2 is 1.03 bits per heavy atom. The zero-order valence-corrected chi connectivity index (χ0v) is 19.7. The Labute approximate surface area is 178 Å². The summed E-state index contributed by atoms with van der Waals surface area (Å²) in [5.41, 5.74) is 8.70. The van der Waals surface area contributed by atoms with Gasteiger partial charge in [0.25, 0.3) is 0 Å². The molecule has 0 bridgehead atoms. The van der Waals surface area contributed by atoms with Crippen LogP contribution in [0.2, 0.25) is 0 Å². The number of aryl methyl sites for hydroxylation is 2. The molecule has 0 N–H and O–H groups in total. The lowest BCUT2D eigenvalue weighted by Gasteiger charge is -2.42. The summed E-state index contributed by atoms with van der Waals surface area (Å²) in [6.45, 7) is 19.0. The van der Waals surface area contributed by atoms with Crippen LogP contribution in [0, 0.1) is 30.1 Å². The van der Waals surface area contributed by atoms with Gasteiger partial charge in [-0.1, -0.05) is 124 Å². The number of rotatable bonds is 4. The topological polar surface area (TPSA) is 0 Å². The normalized spacial score (nSPS) is 29.0. The van der Waals surface area contributed by atoms with Gasteiger partial charge in [-0.2, -0.15) is 0 Å². The molecule has 2 aromatic rings. The first kappa shape index (κ1) is 21.6. The lowest BCUT2D eigenvalue weighted by Crippen LogP contribution is -2.33. The van der Waals surface area contributed by atoms with Gasteiger partial charge in [0.1, 0.15) is 0 Å². The van der Waals surface area contributed by atoms with Gasteiger partial charge in [-0.3, -0.25) is 0 Å². The maximum absolute atomic E-state index is 2.50. The maximum atomic E-state index is 2.50. The summed E-state index contributed by atoms with van der Waals surface area (Å²) in [5, 5.41) is 0. The summed E-state index contributed by atoms with van der Waals surface area (Å²) in [5.74, 6) is 0. The highest BCUT2D eigenvalue weighted by Gasteiger charge is 2.60. The second-order valence-corrected chi connectivity index (χ2v) is 9.94. The Kier molecular flexibility index (Phi) is 5.69. The van der Waals surface area contributed by atoms with Gasteiger partial charge in [0.15, 0.2) is 0 Å². The van der Waals surface area contributed by atoms with Crippen molar-refractivity contribution in [1.29, 1.82) is 0 Å². The average Bonchev–Trinajstić information content (AvgIpc) is 2.80. The van der Waals surface area contributed by atoms with E-state index in [1.807, 2.05) is 0 Å². The number of hydrogen-bond donors (Lipinski definition) is 0. The summed E-state index contributed by atoms with van der Waals surface area (Å²) >= 11 is 0. The Morgan fingerprint density at radius 3 is 1.34 bits per heavy atom. The van der Waals surface area contributed by atoms with E-state index in [1.54, 1.807) is 11.1 Å². The van der Waals surface area contributed by atoms with Gasteiger partial charge in [-0.25, -0.2) is 0 Å². The molecule has 0 heterocycles. The summed E-state index contributed by atoms with van der Waals surface area (Å²) in [6.07, 6.45) is 7.26. The minimum absolute atomic E-state index is 0.0169. The maximum Gasteiger partial charge on any atom is 0.00822 e. The first-order valence-electron chi connectivity index (χ1n) is 11.2. The molecule has 3 rings (SSSR count). The van der Waals surface area contributed by atoms with E-state index in [2.05, 4.69) is 116 Å². The Morgan fingerprint density at radius 1 is 0.655 bits per heavy atom. The van der Waals surface area contributed by atoms with E-state index in [-0.39, 0.29) is 16.2 Å². The second kappa shape index (κ2) is 7.63. The quantitative estimate of drug-likeness (QED) is 0.493. The number of allylic oxidation sites excluding steroid dienone is 2. The van der Waals surface area contributed by atoms with Crippen molar-refractivity contribution in [2.75, 3.05) is 0 Å². The third-order valence-corrected chi connectivity index (χ3v) is 7.87. The van der Waals surface area contributed by atoms with E-state index in [0.29, 0.717) is 0 Å². The highest BCUT2D eigenvalue weighted by atomic mass is 14.6. The molecule has 1 aliphatic rings. The molecule has 29 heavy (non-hydrogen) atoms. The molecule has 154 valence electrons. The van der Waals surface area contributed by atoms with Crippen LogP contribution in [0.25, 0.3) is 12.2 Å². The first-order chi connectivity index (χ1) is 13.6. The van der Waals surface area contributed by atoms with Crippen molar-refractivity contribution in [3.63, 3.8) is 0 Å². The smallest absolute Gasteiger partial charge is 0.00822 e. The molecule has 0 spiro atoms. The fourth-order valence-corrected chi connectivity index (χ4v) is 5.81. The van der Waals surface area contributed by atoms with Crippen LogP contribution in [0.1, 0.15) is 76.6 Å². The first-order valence-corrected chi connectivity index (χ1v) is 11.2. The van der Waals surface area contributed by atoms with Gasteiger partial charge < -0.3 is 0 Å². The summed E-state index contributed by atoms with van der Waals surface area (Å²) < 4.78 is 0. The molecular formula is C29H38. The van der Waals surface area contributed by atoms with Crippen molar-refractivity contribution < 1.29 is 0 Å². The van der Waals surface area contributed by atoms with Gasteiger partial charge in [0.05, 0.1) is 0 Å². The molecule has 0 heteroatoms. The molecule has 0 aliphatic heterocycles. The highest BCUT2D eigenvalue weighted by molar-refractivity contribution is 5.68. The second-order valence-electron chi connectivity index (χ2n) is 9.94. The number of benzene rings is 2. The van der Waals surface area contributed by atoms with Gasteiger partial charge in [-0.15, -0.1) is 0 Å². The van der Waals surface area contributed by atoms with E-state index in [4.69, 9.17) is 0 Å². The zero-order chi connectivity index (χ0) is 21.4. The fraction of sp³-hybridized carbons (Fsp3) is 0.448. The molecule has 0 aromatic heterocycles. The predicted octanol–water partition coefficient (Wildman–Crippen LogP) is 8.64. The third kappa shape index (κ3) is 3.52. The van der Waals surface area contributed by atoms with Crippen molar-refractivity contribution in [3.8, 4) is 0 Å². The van der Waals surface area contributed by atoms with Crippen molar-refractivity contribution in [3.05, 3.63) is 81.9 Å². The third-order valence-electron chi connectivity index (χ3n) is 7.87. The van der Waals surface area contributed by atoms with Crippen LogP contribution >= 0.6 is 0 Å². The van der Waals surface area contributed by atoms with Crippen LogP contribution in [0.15, 0.2) is 59.7 Å². The minimum atomic E-state index is 0.0169. The molecule has 1 saturated carbocycles. The largest absolute Gasteiger partial charge is 0.0645 e. The molecule has 0 radical (unpaired) electrons. The standard InChI is InChI=1S/C29H38/c1-9-28(7)25(19-23-15-11-13-21(3)17-23)27(5,6)26(29(28,8)10-2)20-24-16-12-14-22(4)18-24/h11-20H,9-10H2,1-8H3/b25-19+,26-20+. The van der Waals surface area contributed by atoms with Gasteiger partial charge in [0.2, 0.25) is 0 Å². The van der Waals surface area contributed by atoms with Gasteiger partial charge in [0, 0.05) is 5.41 Å². The lowest BCUT2D eigenvalue weighted by molar-refractivity contribution is 0.170. The Balaban J connectivity index is 2.28. The SMILES string of the molecule is CCC1(C)/C(=C/c2cccc(C)c2)C(C)(C)/C(=C\c2cccc(C)c2)C1(C)CC. The van der Waals surface area contributed by atoms with Gasteiger partial charge >= 0.3 is 0 Å². The van der Waals surface area contributed by atoms with Crippen LogP contribution < -0.4 is 0 Å². The van der Waals surface area contributed by atoms with Crippen molar-refractivity contribution in [2.24, 2.45) is 16.2 Å². The molecule has 2 atom stereocenters. The monoisotopic (exact) mass is 386 g/mol. The Hall–Kier alpha value is -2.08. The van der Waals surface area contributed by atoms with Crippen LogP contribution in [0.5, 0.6) is 0 Å². The molecular weight excluding hydrogens is 348 g/mol. The van der Waals surface area contributed by atoms with Crippen LogP contribution in [-0.2, 0) is 0 Å². The van der Waals surface area contributed by atoms with E-state index in [1.165, 1.54) is 22.3 Å². The predicted molar refractivity (Wildman–Crippen MR) is 129 cm³/mol. The summed E-state index contributed by atoms with van der Waals surface area (Å²) in [6, 6.07) is 17.8. The number of hydrogen-bond acceptors (Lipinski definition) is 0. The fourth-order valence-electron chi connectivity index (χ4n) is 5.81. The lowest BCUT2D eigenvalue weighted by atomic mass is 9.62.